The van der Waals surface area contributed by atoms with Crippen LogP contribution in [0.1, 0.15) is 37.9 Å². The van der Waals surface area contributed by atoms with Gasteiger partial charge in [0.05, 0.1) is 0 Å². The second-order valence-electron chi connectivity index (χ2n) is 5.92. The minimum absolute atomic E-state index is 0.0476. The Morgan fingerprint density at radius 2 is 2.05 bits per heavy atom. The summed E-state index contributed by atoms with van der Waals surface area (Å²) in [7, 11) is 1.40. The molecule has 1 aromatic heterocycles. The van der Waals surface area contributed by atoms with Crippen molar-refractivity contribution in [2.45, 2.75) is 38.5 Å². The third kappa shape index (κ3) is 5.21. The molecule has 1 heterocycles. The number of aromatic nitrogens is 2. The van der Waals surface area contributed by atoms with Gasteiger partial charge in [-0.1, -0.05) is 0 Å². The van der Waals surface area contributed by atoms with Gasteiger partial charge >= 0.3 is 12.3 Å². The Kier molecular flexibility index (Phi) is 5.44. The van der Waals surface area contributed by atoms with Gasteiger partial charge in [0.25, 0.3) is 0 Å². The van der Waals surface area contributed by atoms with E-state index in [4.69, 9.17) is 10.5 Å². The lowest BCUT2D eigenvalue weighted by atomic mass is 9.99. The van der Waals surface area contributed by atoms with Gasteiger partial charge in [0.2, 0.25) is 0 Å². The van der Waals surface area contributed by atoms with E-state index < -0.39 is 29.5 Å². The average Bonchev–Trinajstić information content (AvgIpc) is 2.69. The van der Waals surface area contributed by atoms with Crippen molar-refractivity contribution in [3.8, 4) is 0 Å². The summed E-state index contributed by atoms with van der Waals surface area (Å²) in [5, 5.41) is 5.86. The van der Waals surface area contributed by atoms with Crippen molar-refractivity contribution in [3.63, 3.8) is 0 Å². The van der Waals surface area contributed by atoms with Gasteiger partial charge in [-0.15, -0.1) is 0 Å². The molecule has 1 rings (SSSR count). The first-order chi connectivity index (χ1) is 9.94. The van der Waals surface area contributed by atoms with Crippen LogP contribution in [0.25, 0.3) is 0 Å². The highest BCUT2D eigenvalue weighted by molar-refractivity contribution is 5.67. The van der Waals surface area contributed by atoms with Crippen molar-refractivity contribution in [3.05, 3.63) is 17.5 Å². The Labute approximate surface area is 126 Å². The van der Waals surface area contributed by atoms with Crippen LogP contribution in [0.3, 0.4) is 0 Å². The first-order valence-corrected chi connectivity index (χ1v) is 6.71. The van der Waals surface area contributed by atoms with Crippen molar-refractivity contribution in [2.24, 2.45) is 12.8 Å². The summed E-state index contributed by atoms with van der Waals surface area (Å²) in [5.74, 6) is -0.710. The lowest BCUT2D eigenvalue weighted by molar-refractivity contribution is -0.142. The zero-order chi connectivity index (χ0) is 17.1. The third-order valence-electron chi connectivity index (χ3n) is 2.74. The highest BCUT2D eigenvalue weighted by Crippen LogP contribution is 2.33. The highest BCUT2D eigenvalue weighted by atomic mass is 19.4. The number of ether oxygens (including phenoxy) is 1. The number of carbonyl (C=O) groups excluding carboxylic acids is 1. The molecular formula is C13H21F3N4O2. The standard InChI is InChI=1S/C13H21F3N4O2/c1-12(2,3)22-11(21)18-6-8(5-17)9-7-20(4)19-10(9)13(14,15)16/h7-8H,5-6,17H2,1-4H3,(H,18,21). The van der Waals surface area contributed by atoms with E-state index in [-0.39, 0.29) is 18.7 Å². The largest absolute Gasteiger partial charge is 0.444 e. The summed E-state index contributed by atoms with van der Waals surface area (Å²) in [5.41, 5.74) is 3.82. The molecule has 0 bridgehead atoms. The summed E-state index contributed by atoms with van der Waals surface area (Å²) < 4.78 is 45.0. The van der Waals surface area contributed by atoms with Crippen molar-refractivity contribution >= 4 is 6.09 Å². The Bertz CT molecular complexity index is 520. The van der Waals surface area contributed by atoms with Gasteiger partial charge in [-0.3, -0.25) is 4.68 Å². The molecule has 0 fully saturated rings. The van der Waals surface area contributed by atoms with Gasteiger partial charge in [-0.2, -0.15) is 18.3 Å². The van der Waals surface area contributed by atoms with Crippen LogP contribution in [0.5, 0.6) is 0 Å². The first-order valence-electron chi connectivity index (χ1n) is 6.71. The monoisotopic (exact) mass is 322 g/mol. The molecule has 0 aliphatic heterocycles. The summed E-state index contributed by atoms with van der Waals surface area (Å²) in [4.78, 5) is 11.6. The number of nitrogens with two attached hydrogens (primary N) is 1. The molecule has 6 nitrogen and oxygen atoms in total. The zero-order valence-corrected chi connectivity index (χ0v) is 13.0. The van der Waals surface area contributed by atoms with Crippen LogP contribution in [-0.4, -0.2) is 34.6 Å². The fourth-order valence-electron chi connectivity index (χ4n) is 1.87. The second kappa shape index (κ2) is 6.55. The van der Waals surface area contributed by atoms with Crippen LogP contribution < -0.4 is 11.1 Å². The fraction of sp³-hybridized carbons (Fsp3) is 0.692. The summed E-state index contributed by atoms with van der Waals surface area (Å²) in [6.45, 7) is 4.94. The molecule has 0 radical (unpaired) electrons. The zero-order valence-electron chi connectivity index (χ0n) is 13.0. The van der Waals surface area contributed by atoms with Crippen molar-refractivity contribution in [2.75, 3.05) is 13.1 Å². The molecule has 0 aromatic carbocycles. The van der Waals surface area contributed by atoms with E-state index in [1.165, 1.54) is 13.2 Å². The van der Waals surface area contributed by atoms with Crippen molar-refractivity contribution < 1.29 is 22.7 Å². The minimum Gasteiger partial charge on any atom is -0.444 e. The molecule has 126 valence electrons. The highest BCUT2D eigenvalue weighted by Gasteiger charge is 2.38. The number of alkyl carbamates (subject to hydrolysis) is 1. The van der Waals surface area contributed by atoms with E-state index >= 15 is 0 Å². The van der Waals surface area contributed by atoms with E-state index in [2.05, 4.69) is 10.4 Å². The first kappa shape index (κ1) is 18.3. The van der Waals surface area contributed by atoms with Crippen LogP contribution in [0.4, 0.5) is 18.0 Å². The topological polar surface area (TPSA) is 82.2 Å². The van der Waals surface area contributed by atoms with E-state index in [1.54, 1.807) is 20.8 Å². The summed E-state index contributed by atoms with van der Waals surface area (Å²) in [6.07, 6.45) is -4.02. The van der Waals surface area contributed by atoms with Crippen LogP contribution in [-0.2, 0) is 18.0 Å². The van der Waals surface area contributed by atoms with Gasteiger partial charge in [0.15, 0.2) is 5.69 Å². The number of hydrogen-bond donors (Lipinski definition) is 2. The predicted molar refractivity (Wildman–Crippen MR) is 74.2 cm³/mol. The molecule has 1 unspecified atom stereocenters. The molecule has 0 aliphatic rings. The molecule has 1 atom stereocenters. The van der Waals surface area contributed by atoms with E-state index in [9.17, 15) is 18.0 Å². The molecule has 9 heteroatoms. The number of hydrogen-bond acceptors (Lipinski definition) is 4. The molecule has 0 aliphatic carbocycles. The van der Waals surface area contributed by atoms with E-state index in [0.717, 1.165) is 4.68 Å². The SMILES string of the molecule is Cn1cc(C(CN)CNC(=O)OC(C)(C)C)c(C(F)(F)F)n1. The molecule has 0 saturated heterocycles. The van der Waals surface area contributed by atoms with E-state index in [1.807, 2.05) is 0 Å². The number of halogens is 3. The molecule has 1 aromatic rings. The molecule has 22 heavy (non-hydrogen) atoms. The third-order valence-corrected chi connectivity index (χ3v) is 2.74. The Balaban J connectivity index is 2.83. The Morgan fingerprint density at radius 3 is 2.50 bits per heavy atom. The smallest absolute Gasteiger partial charge is 0.435 e. The molecule has 3 N–H and O–H groups in total. The predicted octanol–water partition coefficient (Wildman–Crippen LogP) is 2.01. The molecule has 1 amide bonds. The maximum absolute atomic E-state index is 13.0. The minimum atomic E-state index is -4.57. The summed E-state index contributed by atoms with van der Waals surface area (Å²) >= 11 is 0. The molecule has 0 spiro atoms. The summed E-state index contributed by atoms with van der Waals surface area (Å²) in [6, 6.07) is 0. The number of alkyl halides is 3. The van der Waals surface area contributed by atoms with Gasteiger partial charge in [-0.25, -0.2) is 4.79 Å². The van der Waals surface area contributed by atoms with Crippen molar-refractivity contribution in [1.82, 2.24) is 15.1 Å². The number of aryl methyl sites for hydroxylation is 1. The quantitative estimate of drug-likeness (QED) is 0.888. The van der Waals surface area contributed by atoms with Crippen molar-refractivity contribution in [1.29, 1.82) is 0 Å². The molecular weight excluding hydrogens is 301 g/mol. The number of rotatable bonds is 4. The number of carbonyl (C=O) groups is 1. The van der Waals surface area contributed by atoms with Gasteiger partial charge in [-0.05, 0) is 20.8 Å². The maximum Gasteiger partial charge on any atom is 0.435 e. The van der Waals surface area contributed by atoms with Gasteiger partial charge in [0, 0.05) is 37.8 Å². The Morgan fingerprint density at radius 1 is 1.45 bits per heavy atom. The number of amides is 1. The average molecular weight is 322 g/mol. The number of nitrogens with zero attached hydrogens (tertiary/aromatic N) is 2. The fourth-order valence-corrected chi connectivity index (χ4v) is 1.87. The lowest BCUT2D eigenvalue weighted by Gasteiger charge is -2.21. The number of nitrogens with one attached hydrogen (secondary N) is 1. The van der Waals surface area contributed by atoms with Gasteiger partial charge in [0.1, 0.15) is 5.60 Å². The van der Waals surface area contributed by atoms with E-state index in [0.29, 0.717) is 0 Å². The maximum atomic E-state index is 13.0. The lowest BCUT2D eigenvalue weighted by Crippen LogP contribution is -2.36. The van der Waals surface area contributed by atoms with Crippen LogP contribution in [0, 0.1) is 0 Å². The van der Waals surface area contributed by atoms with Crippen LogP contribution >= 0.6 is 0 Å². The molecule has 0 saturated carbocycles. The normalized spacial score (nSPS) is 13.8. The van der Waals surface area contributed by atoms with Gasteiger partial charge < -0.3 is 15.8 Å². The second-order valence-corrected chi connectivity index (χ2v) is 5.92. The van der Waals surface area contributed by atoms with Crippen LogP contribution in [0.2, 0.25) is 0 Å². The Hall–Kier alpha value is -1.77. The van der Waals surface area contributed by atoms with Crippen LogP contribution in [0.15, 0.2) is 6.20 Å².